The molecule has 10 heteroatoms. The summed E-state index contributed by atoms with van der Waals surface area (Å²) in [6.07, 6.45) is 8.79. The Balaban J connectivity index is 1.08. The second-order valence-electron chi connectivity index (χ2n) is 11.8. The van der Waals surface area contributed by atoms with Gasteiger partial charge < -0.3 is 20.5 Å². The number of thioether (sulfide) groups is 1. The first-order valence-electron chi connectivity index (χ1n) is 13.9. The Bertz CT molecular complexity index is 808. The first-order chi connectivity index (χ1) is 17.3. The van der Waals surface area contributed by atoms with E-state index in [1.165, 1.54) is 32.1 Å². The highest BCUT2D eigenvalue weighted by atomic mass is 35.5. The van der Waals surface area contributed by atoms with Crippen molar-refractivity contribution in [1.29, 1.82) is 0 Å². The second-order valence-corrected chi connectivity index (χ2v) is 13.6. The number of hydrogen-bond acceptors (Lipinski definition) is 6. The van der Waals surface area contributed by atoms with Crippen molar-refractivity contribution < 1.29 is 23.8 Å². The fraction of sp³-hybridized carbons (Fsp3) is 0.923. The number of aliphatic hydroxyl groups is 1. The lowest BCUT2D eigenvalue weighted by molar-refractivity contribution is -0.140. The monoisotopic (exact) mass is 545 g/mol. The summed E-state index contributed by atoms with van der Waals surface area (Å²) in [5.41, 5.74) is -1.10. The first-order valence-corrected chi connectivity index (χ1v) is 15.3. The van der Waals surface area contributed by atoms with Crippen LogP contribution in [-0.4, -0.2) is 75.5 Å². The Labute approximate surface area is 222 Å². The van der Waals surface area contributed by atoms with Gasteiger partial charge in [-0.25, -0.2) is 4.39 Å². The van der Waals surface area contributed by atoms with E-state index in [-0.39, 0.29) is 37.0 Å². The molecule has 1 saturated heterocycles. The molecule has 5 aliphatic carbocycles. The highest BCUT2D eigenvalue weighted by Crippen LogP contribution is 2.47. The molecule has 0 aromatic carbocycles. The van der Waals surface area contributed by atoms with E-state index in [0.29, 0.717) is 43.4 Å². The van der Waals surface area contributed by atoms with Crippen LogP contribution in [-0.2, 0) is 14.3 Å². The van der Waals surface area contributed by atoms with E-state index in [1.807, 2.05) is 11.8 Å². The number of alkyl halides is 2. The molecule has 0 spiro atoms. The first kappa shape index (κ1) is 27.0. The SMILES string of the molecule is O=C(COC1CCC(Cl)C(F)C1)NC12CCC(NC(=O)C3CSC(C4CCCCC4)N3)(CC1)C[C@@H]2O. The van der Waals surface area contributed by atoms with Gasteiger partial charge in [0.1, 0.15) is 12.8 Å². The summed E-state index contributed by atoms with van der Waals surface area (Å²) in [6.45, 7) is -0.145. The van der Waals surface area contributed by atoms with Crippen LogP contribution in [0.2, 0.25) is 0 Å². The van der Waals surface area contributed by atoms with E-state index < -0.39 is 28.7 Å². The minimum atomic E-state index is -1.11. The third kappa shape index (κ3) is 5.85. The van der Waals surface area contributed by atoms with Crippen molar-refractivity contribution in [3.05, 3.63) is 0 Å². The molecule has 36 heavy (non-hydrogen) atoms. The van der Waals surface area contributed by atoms with Crippen LogP contribution in [0.4, 0.5) is 4.39 Å². The lowest BCUT2D eigenvalue weighted by Gasteiger charge is -2.56. The molecule has 6 aliphatic rings. The van der Waals surface area contributed by atoms with Crippen molar-refractivity contribution in [3.8, 4) is 0 Å². The number of rotatable bonds is 7. The lowest BCUT2D eigenvalue weighted by atomic mass is 9.60. The molecule has 6 atom stereocenters. The van der Waals surface area contributed by atoms with Gasteiger partial charge in [0.15, 0.2) is 0 Å². The quantitative estimate of drug-likeness (QED) is 0.367. The topological polar surface area (TPSA) is 99.7 Å². The fourth-order valence-electron chi connectivity index (χ4n) is 7.07. The number of hydrogen-bond donors (Lipinski definition) is 4. The number of halogens is 2. The minimum absolute atomic E-state index is 0.0395. The molecule has 6 fully saturated rings. The third-order valence-electron chi connectivity index (χ3n) is 9.40. The van der Waals surface area contributed by atoms with Crippen molar-refractivity contribution >= 4 is 35.2 Å². The molecule has 5 saturated carbocycles. The minimum Gasteiger partial charge on any atom is -0.391 e. The van der Waals surface area contributed by atoms with Gasteiger partial charge in [-0.3, -0.25) is 14.9 Å². The normalized spacial score (nSPS) is 43.3. The molecule has 2 bridgehead atoms. The number of ether oxygens (including phenoxy) is 1. The van der Waals surface area contributed by atoms with Crippen LogP contribution in [0.3, 0.4) is 0 Å². The third-order valence-corrected chi connectivity index (χ3v) is 11.3. The predicted molar refractivity (Wildman–Crippen MR) is 139 cm³/mol. The van der Waals surface area contributed by atoms with E-state index in [1.54, 1.807) is 0 Å². The number of carbonyl (C=O) groups is 2. The largest absolute Gasteiger partial charge is 0.391 e. The van der Waals surface area contributed by atoms with Crippen LogP contribution >= 0.6 is 23.4 Å². The number of carbonyl (C=O) groups excluding carboxylic acids is 2. The summed E-state index contributed by atoms with van der Waals surface area (Å²) in [7, 11) is 0. The van der Waals surface area contributed by atoms with E-state index >= 15 is 0 Å². The van der Waals surface area contributed by atoms with Crippen molar-refractivity contribution in [3.63, 3.8) is 0 Å². The van der Waals surface area contributed by atoms with Crippen molar-refractivity contribution in [2.75, 3.05) is 12.4 Å². The van der Waals surface area contributed by atoms with E-state index in [4.69, 9.17) is 16.3 Å². The van der Waals surface area contributed by atoms with E-state index in [9.17, 15) is 19.1 Å². The van der Waals surface area contributed by atoms with Crippen LogP contribution in [0.15, 0.2) is 0 Å². The maximum Gasteiger partial charge on any atom is 0.246 e. The van der Waals surface area contributed by atoms with Crippen LogP contribution in [0.1, 0.15) is 83.5 Å². The number of fused-ring (bicyclic) bond motifs is 3. The molecule has 7 nitrogen and oxygen atoms in total. The highest BCUT2D eigenvalue weighted by molar-refractivity contribution is 8.00. The average Bonchev–Trinajstić information content (AvgIpc) is 3.37. The number of amides is 2. The van der Waals surface area contributed by atoms with Crippen LogP contribution in [0, 0.1) is 5.92 Å². The number of nitrogens with one attached hydrogen (secondary N) is 3. The molecule has 1 aliphatic heterocycles. The van der Waals surface area contributed by atoms with Gasteiger partial charge >= 0.3 is 0 Å². The van der Waals surface area contributed by atoms with Gasteiger partial charge in [0.2, 0.25) is 11.8 Å². The van der Waals surface area contributed by atoms with Crippen molar-refractivity contribution in [1.82, 2.24) is 16.0 Å². The molecule has 0 radical (unpaired) electrons. The Kier molecular flexibility index (Phi) is 8.43. The maximum atomic E-state index is 13.8. The summed E-state index contributed by atoms with van der Waals surface area (Å²) in [5, 5.41) is 20.9. The summed E-state index contributed by atoms with van der Waals surface area (Å²) in [5.74, 6) is 1.21. The van der Waals surface area contributed by atoms with Gasteiger partial charge in [0.25, 0.3) is 0 Å². The van der Waals surface area contributed by atoms with Gasteiger partial charge in [0, 0.05) is 17.7 Å². The van der Waals surface area contributed by atoms with Crippen LogP contribution in [0.5, 0.6) is 0 Å². The zero-order valence-corrected chi connectivity index (χ0v) is 22.6. The molecule has 6 rings (SSSR count). The van der Waals surface area contributed by atoms with Crippen LogP contribution < -0.4 is 16.0 Å². The summed E-state index contributed by atoms with van der Waals surface area (Å²) >= 11 is 7.81. The van der Waals surface area contributed by atoms with Crippen molar-refractivity contribution in [2.45, 2.75) is 130 Å². The Morgan fingerprint density at radius 1 is 1.08 bits per heavy atom. The van der Waals surface area contributed by atoms with Crippen molar-refractivity contribution in [2.24, 2.45) is 5.92 Å². The van der Waals surface area contributed by atoms with Gasteiger partial charge in [-0.05, 0) is 63.7 Å². The van der Waals surface area contributed by atoms with Gasteiger partial charge in [0.05, 0.1) is 34.5 Å². The zero-order chi connectivity index (χ0) is 25.3. The molecular formula is C26H41ClFN3O4S. The molecule has 204 valence electrons. The summed E-state index contributed by atoms with van der Waals surface area (Å²) < 4.78 is 19.5. The fourth-order valence-corrected chi connectivity index (χ4v) is 8.75. The Morgan fingerprint density at radius 3 is 2.53 bits per heavy atom. The zero-order valence-electron chi connectivity index (χ0n) is 21.0. The van der Waals surface area contributed by atoms with Gasteiger partial charge in [-0.2, -0.15) is 0 Å². The smallest absolute Gasteiger partial charge is 0.246 e. The van der Waals surface area contributed by atoms with Gasteiger partial charge in [-0.15, -0.1) is 23.4 Å². The molecule has 5 unspecified atom stereocenters. The Hall–Kier alpha value is -0.610. The van der Waals surface area contributed by atoms with E-state index in [2.05, 4.69) is 16.0 Å². The summed E-state index contributed by atoms with van der Waals surface area (Å²) in [4.78, 5) is 25.8. The second kappa shape index (κ2) is 11.2. The lowest BCUT2D eigenvalue weighted by Crippen LogP contribution is -2.71. The van der Waals surface area contributed by atoms with Crippen LogP contribution in [0.25, 0.3) is 0 Å². The highest BCUT2D eigenvalue weighted by Gasteiger charge is 2.55. The maximum absolute atomic E-state index is 13.8. The standard InChI is InChI=1S/C26H41ClFN3O4S/c27-18-7-6-17(12-19(18)28)35-14-22(33)30-26-10-8-25(9-11-26,13-21(26)32)31-23(34)20-15-36-24(29-20)16-4-2-1-3-5-16/h16-21,24,29,32H,1-15H2,(H,30,33)(H,31,34)/t17?,18?,19?,20?,21-,24?,25?,26?/m0/s1. The van der Waals surface area contributed by atoms with Gasteiger partial charge in [-0.1, -0.05) is 19.3 Å². The number of aliphatic hydroxyl groups excluding tert-OH is 1. The molecule has 1 heterocycles. The molecule has 0 aromatic heterocycles. The molecular weight excluding hydrogens is 505 g/mol. The molecule has 2 amide bonds. The average molecular weight is 546 g/mol. The molecule has 4 N–H and O–H groups in total. The Morgan fingerprint density at radius 2 is 1.83 bits per heavy atom. The summed E-state index contributed by atoms with van der Waals surface area (Å²) in [6, 6.07) is -0.184. The predicted octanol–water partition coefficient (Wildman–Crippen LogP) is 3.16. The van der Waals surface area contributed by atoms with E-state index in [0.717, 1.165) is 18.6 Å². The molecule has 0 aromatic rings.